The first kappa shape index (κ1) is 16.2. The van der Waals surface area contributed by atoms with Gasteiger partial charge in [0, 0.05) is 24.6 Å². The number of nitrogens with zero attached hydrogens (tertiary/aromatic N) is 2. The molecular weight excluding hydrogens is 322 g/mol. The molecule has 0 saturated carbocycles. The summed E-state index contributed by atoms with van der Waals surface area (Å²) >= 11 is 5.71. The minimum absolute atomic E-state index is 0.0220. The van der Waals surface area contributed by atoms with Crippen molar-refractivity contribution in [3.05, 3.63) is 29.6 Å². The van der Waals surface area contributed by atoms with Crippen molar-refractivity contribution >= 4 is 32.5 Å². The summed E-state index contributed by atoms with van der Waals surface area (Å²) in [5, 5.41) is 0. The largest absolute Gasteiger partial charge is 0.322 e. The molecule has 0 bridgehead atoms. The van der Waals surface area contributed by atoms with Crippen LogP contribution in [0.15, 0.2) is 12.1 Å². The fourth-order valence-corrected chi connectivity index (χ4v) is 3.61. The molecule has 1 aromatic heterocycles. The SMILES string of the molecule is CC(CS(C)(=O)=O)n1c(CCCl)nc2ccc(F)c(F)c21. The molecule has 0 radical (unpaired) electrons. The van der Waals surface area contributed by atoms with Gasteiger partial charge in [-0.15, -0.1) is 11.6 Å². The molecule has 1 unspecified atom stereocenters. The Morgan fingerprint density at radius 1 is 1.38 bits per heavy atom. The Hall–Kier alpha value is -1.21. The molecule has 8 heteroatoms. The molecule has 0 aliphatic rings. The maximum Gasteiger partial charge on any atom is 0.184 e. The Bertz CT molecular complexity index is 774. The Morgan fingerprint density at radius 2 is 2.05 bits per heavy atom. The summed E-state index contributed by atoms with van der Waals surface area (Å²) in [4.78, 5) is 4.23. The van der Waals surface area contributed by atoms with Gasteiger partial charge >= 0.3 is 0 Å². The quantitative estimate of drug-likeness (QED) is 0.789. The molecule has 0 amide bonds. The van der Waals surface area contributed by atoms with E-state index in [9.17, 15) is 17.2 Å². The van der Waals surface area contributed by atoms with Gasteiger partial charge in [-0.3, -0.25) is 0 Å². The van der Waals surface area contributed by atoms with Gasteiger partial charge in [0.15, 0.2) is 11.6 Å². The predicted molar refractivity (Wildman–Crippen MR) is 78.5 cm³/mol. The Kier molecular flexibility index (Phi) is 4.53. The summed E-state index contributed by atoms with van der Waals surface area (Å²) < 4.78 is 51.9. The average molecular weight is 337 g/mol. The molecule has 1 atom stereocenters. The third-order valence-electron chi connectivity index (χ3n) is 3.12. The van der Waals surface area contributed by atoms with Gasteiger partial charge in [0.05, 0.1) is 11.3 Å². The lowest BCUT2D eigenvalue weighted by Crippen LogP contribution is -2.19. The number of aromatic nitrogens is 2. The van der Waals surface area contributed by atoms with Gasteiger partial charge in [-0.05, 0) is 19.1 Å². The summed E-state index contributed by atoms with van der Waals surface area (Å²) in [6, 6.07) is 1.80. The van der Waals surface area contributed by atoms with Gasteiger partial charge in [-0.25, -0.2) is 22.2 Å². The monoisotopic (exact) mass is 336 g/mol. The predicted octanol–water partition coefficient (Wildman–Crippen LogP) is 2.70. The van der Waals surface area contributed by atoms with E-state index in [1.807, 2.05) is 0 Å². The van der Waals surface area contributed by atoms with Gasteiger partial charge in [0.25, 0.3) is 0 Å². The number of aryl methyl sites for hydroxylation is 1. The zero-order valence-corrected chi connectivity index (χ0v) is 13.2. The van der Waals surface area contributed by atoms with Crippen LogP contribution >= 0.6 is 11.6 Å². The number of sulfone groups is 1. The van der Waals surface area contributed by atoms with Gasteiger partial charge < -0.3 is 4.57 Å². The van der Waals surface area contributed by atoms with Crippen LogP contribution in [0.5, 0.6) is 0 Å². The van der Waals surface area contributed by atoms with Crippen LogP contribution in [0.3, 0.4) is 0 Å². The minimum atomic E-state index is -3.27. The molecule has 0 saturated heterocycles. The van der Waals surface area contributed by atoms with Crippen LogP contribution in [-0.2, 0) is 16.3 Å². The van der Waals surface area contributed by atoms with E-state index in [2.05, 4.69) is 4.98 Å². The van der Waals surface area contributed by atoms with Gasteiger partial charge in [0.1, 0.15) is 21.2 Å². The lowest BCUT2D eigenvalue weighted by Gasteiger charge is -2.17. The molecule has 0 aliphatic carbocycles. The fourth-order valence-electron chi connectivity index (χ4n) is 2.42. The number of halogens is 3. The molecule has 1 aromatic carbocycles. The van der Waals surface area contributed by atoms with Crippen molar-refractivity contribution in [2.24, 2.45) is 0 Å². The molecule has 1 heterocycles. The van der Waals surface area contributed by atoms with Crippen LogP contribution in [0.25, 0.3) is 11.0 Å². The molecule has 4 nitrogen and oxygen atoms in total. The van der Waals surface area contributed by atoms with E-state index >= 15 is 0 Å². The summed E-state index contributed by atoms with van der Waals surface area (Å²) in [5.41, 5.74) is 0.264. The molecule has 2 rings (SSSR count). The molecular formula is C13H15ClF2N2O2S. The number of hydrogen-bond donors (Lipinski definition) is 0. The fraction of sp³-hybridized carbons (Fsp3) is 0.462. The van der Waals surface area contributed by atoms with Crippen molar-refractivity contribution in [2.75, 3.05) is 17.9 Å². The molecule has 0 N–H and O–H groups in total. The molecule has 0 spiro atoms. The van der Waals surface area contributed by atoms with Crippen LogP contribution in [0.1, 0.15) is 18.8 Å². The smallest absolute Gasteiger partial charge is 0.184 e. The summed E-state index contributed by atoms with van der Waals surface area (Å²) in [5.74, 6) is -1.52. The first-order valence-corrected chi connectivity index (χ1v) is 8.92. The minimum Gasteiger partial charge on any atom is -0.322 e. The normalized spacial score (nSPS) is 13.8. The first-order chi connectivity index (χ1) is 9.74. The summed E-state index contributed by atoms with van der Waals surface area (Å²) in [6.45, 7) is 1.63. The van der Waals surface area contributed by atoms with Crippen LogP contribution in [0, 0.1) is 11.6 Å². The lowest BCUT2D eigenvalue weighted by atomic mass is 10.2. The van der Waals surface area contributed by atoms with E-state index in [0.29, 0.717) is 12.2 Å². The summed E-state index contributed by atoms with van der Waals surface area (Å²) in [7, 11) is -3.27. The van der Waals surface area contributed by atoms with Crippen molar-refractivity contribution < 1.29 is 17.2 Å². The van der Waals surface area contributed by atoms with E-state index in [1.54, 1.807) is 6.92 Å². The molecule has 2 aromatic rings. The van der Waals surface area contributed by atoms with Crippen LogP contribution in [0.2, 0.25) is 0 Å². The number of rotatable bonds is 5. The Balaban J connectivity index is 2.67. The second kappa shape index (κ2) is 5.88. The second-order valence-electron chi connectivity index (χ2n) is 5.01. The number of alkyl halides is 1. The highest BCUT2D eigenvalue weighted by Gasteiger charge is 2.22. The van der Waals surface area contributed by atoms with E-state index in [-0.39, 0.29) is 22.7 Å². The number of benzene rings is 1. The number of fused-ring (bicyclic) bond motifs is 1. The van der Waals surface area contributed by atoms with Crippen molar-refractivity contribution in [2.45, 2.75) is 19.4 Å². The van der Waals surface area contributed by atoms with Crippen LogP contribution in [0.4, 0.5) is 8.78 Å². The van der Waals surface area contributed by atoms with Crippen molar-refractivity contribution in [1.29, 1.82) is 0 Å². The molecule has 0 fully saturated rings. The zero-order valence-electron chi connectivity index (χ0n) is 11.6. The van der Waals surface area contributed by atoms with Crippen molar-refractivity contribution in [1.82, 2.24) is 9.55 Å². The van der Waals surface area contributed by atoms with E-state index in [4.69, 9.17) is 11.6 Å². The maximum atomic E-state index is 14.1. The molecule has 21 heavy (non-hydrogen) atoms. The van der Waals surface area contributed by atoms with Gasteiger partial charge in [-0.1, -0.05) is 0 Å². The average Bonchev–Trinajstić information content (AvgIpc) is 2.71. The standard InChI is InChI=1S/C13H15ClF2N2O2S/c1-8(7-21(2,19)20)18-11(5-6-14)17-10-4-3-9(15)12(16)13(10)18/h3-4,8H,5-7H2,1-2H3. The van der Waals surface area contributed by atoms with E-state index < -0.39 is 27.5 Å². The number of imidazole rings is 1. The van der Waals surface area contributed by atoms with Crippen molar-refractivity contribution in [3.63, 3.8) is 0 Å². The van der Waals surface area contributed by atoms with Crippen LogP contribution in [-0.4, -0.2) is 35.9 Å². The topological polar surface area (TPSA) is 52.0 Å². The molecule has 0 aliphatic heterocycles. The lowest BCUT2D eigenvalue weighted by molar-refractivity contribution is 0.502. The molecule has 116 valence electrons. The number of hydrogen-bond acceptors (Lipinski definition) is 3. The van der Waals surface area contributed by atoms with Gasteiger partial charge in [0.2, 0.25) is 0 Å². The second-order valence-corrected chi connectivity index (χ2v) is 7.57. The van der Waals surface area contributed by atoms with Crippen LogP contribution < -0.4 is 0 Å². The highest BCUT2D eigenvalue weighted by molar-refractivity contribution is 7.90. The Morgan fingerprint density at radius 3 is 2.62 bits per heavy atom. The first-order valence-electron chi connectivity index (χ1n) is 6.33. The van der Waals surface area contributed by atoms with Gasteiger partial charge in [-0.2, -0.15) is 0 Å². The summed E-state index contributed by atoms with van der Waals surface area (Å²) in [6.07, 6.45) is 1.44. The third kappa shape index (κ3) is 3.35. The van der Waals surface area contributed by atoms with E-state index in [0.717, 1.165) is 12.3 Å². The van der Waals surface area contributed by atoms with E-state index in [1.165, 1.54) is 10.6 Å². The zero-order chi connectivity index (χ0) is 15.8. The highest BCUT2D eigenvalue weighted by Crippen LogP contribution is 2.26. The maximum absolute atomic E-state index is 14.1. The highest BCUT2D eigenvalue weighted by atomic mass is 35.5. The third-order valence-corrected chi connectivity index (χ3v) is 4.40. The van der Waals surface area contributed by atoms with Crippen molar-refractivity contribution in [3.8, 4) is 0 Å². The Labute approximate surface area is 126 Å².